The number of rotatable bonds is 6. The van der Waals surface area contributed by atoms with Gasteiger partial charge in [-0.25, -0.2) is 9.59 Å². The molecule has 0 aliphatic carbocycles. The monoisotopic (exact) mass is 365 g/mol. The summed E-state index contributed by atoms with van der Waals surface area (Å²) in [5.41, 5.74) is 1.40. The Labute approximate surface area is 148 Å². The van der Waals surface area contributed by atoms with E-state index in [2.05, 4.69) is 10.4 Å². The smallest absolute Gasteiger partial charge is 0.348 e. The number of aromatic nitrogens is 2. The maximum Gasteiger partial charge on any atom is 0.348 e. The second-order valence-electron chi connectivity index (χ2n) is 5.15. The zero-order chi connectivity index (χ0) is 18.6. The lowest BCUT2D eigenvalue weighted by Crippen LogP contribution is -2.21. The zero-order valence-electron chi connectivity index (χ0n) is 14.4. The van der Waals surface area contributed by atoms with Crippen LogP contribution in [0.3, 0.4) is 0 Å². The summed E-state index contributed by atoms with van der Waals surface area (Å²) in [6.07, 6.45) is 1.59. The molecule has 8 nitrogen and oxygen atoms in total. The molecule has 1 N–H and O–H groups in total. The van der Waals surface area contributed by atoms with Crippen LogP contribution in [0.1, 0.15) is 38.2 Å². The normalized spacial score (nSPS) is 10.4. The van der Waals surface area contributed by atoms with Gasteiger partial charge in [0.05, 0.1) is 19.3 Å². The second-order valence-corrected chi connectivity index (χ2v) is 6.17. The van der Waals surface area contributed by atoms with Gasteiger partial charge in [-0.3, -0.25) is 9.48 Å². The van der Waals surface area contributed by atoms with E-state index in [1.54, 1.807) is 26.1 Å². The quantitative estimate of drug-likeness (QED) is 0.788. The maximum absolute atomic E-state index is 12.3. The van der Waals surface area contributed by atoms with E-state index in [0.29, 0.717) is 5.56 Å². The molecule has 9 heteroatoms. The summed E-state index contributed by atoms with van der Waals surface area (Å²) in [5.74, 6) is -1.54. The molecule has 0 atom stereocenters. The molecule has 0 aliphatic rings. The summed E-state index contributed by atoms with van der Waals surface area (Å²) in [7, 11) is 1.24. The highest BCUT2D eigenvalue weighted by molar-refractivity contribution is 7.18. The SMILES string of the molecule is CCOC(=O)c1sc(NC(=O)Cn2nccc2C)c(C(=O)OC)c1C. The van der Waals surface area contributed by atoms with Crippen molar-refractivity contribution in [2.45, 2.75) is 27.3 Å². The average Bonchev–Trinajstić information content (AvgIpc) is 3.10. The van der Waals surface area contributed by atoms with Gasteiger partial charge >= 0.3 is 11.9 Å². The molecule has 0 aliphatic heterocycles. The molecule has 2 heterocycles. The maximum atomic E-state index is 12.3. The molecule has 0 bridgehead atoms. The van der Waals surface area contributed by atoms with Crippen molar-refractivity contribution in [1.29, 1.82) is 0 Å². The fourth-order valence-electron chi connectivity index (χ4n) is 2.21. The van der Waals surface area contributed by atoms with Crippen LogP contribution >= 0.6 is 11.3 Å². The first-order valence-corrected chi connectivity index (χ1v) is 8.37. The third-order valence-electron chi connectivity index (χ3n) is 3.47. The van der Waals surface area contributed by atoms with Gasteiger partial charge in [0.15, 0.2) is 0 Å². The summed E-state index contributed by atoms with van der Waals surface area (Å²) >= 11 is 0.986. The highest BCUT2D eigenvalue weighted by Crippen LogP contribution is 2.34. The van der Waals surface area contributed by atoms with Crippen molar-refractivity contribution in [1.82, 2.24) is 9.78 Å². The standard InChI is InChI=1S/C16H19N3O5S/c1-5-24-16(22)13-10(3)12(15(21)23-4)14(25-13)18-11(20)8-19-9(2)6-7-17-19/h6-7H,5,8H2,1-4H3,(H,18,20). The molecule has 134 valence electrons. The largest absolute Gasteiger partial charge is 0.465 e. The number of amides is 1. The highest BCUT2D eigenvalue weighted by Gasteiger charge is 2.27. The van der Waals surface area contributed by atoms with Gasteiger partial charge in [0.1, 0.15) is 16.4 Å². The van der Waals surface area contributed by atoms with Crippen molar-refractivity contribution < 1.29 is 23.9 Å². The fraction of sp³-hybridized carbons (Fsp3) is 0.375. The van der Waals surface area contributed by atoms with Gasteiger partial charge in [0, 0.05) is 11.9 Å². The highest BCUT2D eigenvalue weighted by atomic mass is 32.1. The molecule has 2 aromatic heterocycles. The van der Waals surface area contributed by atoms with Crippen molar-refractivity contribution >= 4 is 34.2 Å². The summed E-state index contributed by atoms with van der Waals surface area (Å²) in [6.45, 7) is 5.34. The topological polar surface area (TPSA) is 99.5 Å². The van der Waals surface area contributed by atoms with Crippen LogP contribution in [0, 0.1) is 13.8 Å². The van der Waals surface area contributed by atoms with Crippen molar-refractivity contribution in [3.05, 3.63) is 34.0 Å². The lowest BCUT2D eigenvalue weighted by atomic mass is 10.1. The average molecular weight is 365 g/mol. The number of nitrogens with zero attached hydrogens (tertiary/aromatic N) is 2. The van der Waals surface area contributed by atoms with Crippen LogP contribution in [0.5, 0.6) is 0 Å². The first kappa shape index (κ1) is 18.7. The Bertz CT molecular complexity index is 809. The van der Waals surface area contributed by atoms with E-state index in [0.717, 1.165) is 17.0 Å². The van der Waals surface area contributed by atoms with Crippen LogP contribution in [0.15, 0.2) is 12.3 Å². The van der Waals surface area contributed by atoms with Crippen LogP contribution in [0.4, 0.5) is 5.00 Å². The Balaban J connectivity index is 2.30. The number of hydrogen-bond acceptors (Lipinski definition) is 7. The van der Waals surface area contributed by atoms with E-state index in [9.17, 15) is 14.4 Å². The molecule has 25 heavy (non-hydrogen) atoms. The number of carbonyl (C=O) groups is 3. The summed E-state index contributed by atoms with van der Waals surface area (Å²) < 4.78 is 11.3. The molecule has 0 fully saturated rings. The lowest BCUT2D eigenvalue weighted by Gasteiger charge is -2.07. The van der Waals surface area contributed by atoms with Crippen molar-refractivity contribution in [2.75, 3.05) is 19.0 Å². The number of hydrogen-bond donors (Lipinski definition) is 1. The molecule has 0 saturated heterocycles. The molecule has 0 spiro atoms. The van der Waals surface area contributed by atoms with Crippen molar-refractivity contribution in [3.8, 4) is 0 Å². The number of nitrogens with one attached hydrogen (secondary N) is 1. The van der Waals surface area contributed by atoms with Gasteiger partial charge in [-0.15, -0.1) is 11.3 Å². The van der Waals surface area contributed by atoms with Crippen molar-refractivity contribution in [2.24, 2.45) is 0 Å². The van der Waals surface area contributed by atoms with Gasteiger partial charge in [-0.05, 0) is 32.4 Å². The van der Waals surface area contributed by atoms with E-state index < -0.39 is 11.9 Å². The predicted molar refractivity (Wildman–Crippen MR) is 91.9 cm³/mol. The molecule has 0 radical (unpaired) electrons. The second kappa shape index (κ2) is 7.93. The number of anilines is 1. The Kier molecular flexibility index (Phi) is 5.92. The Morgan fingerprint density at radius 3 is 2.56 bits per heavy atom. The van der Waals surface area contributed by atoms with Crippen molar-refractivity contribution in [3.63, 3.8) is 0 Å². The number of ether oxygens (including phenoxy) is 2. The number of esters is 2. The van der Waals surface area contributed by atoms with E-state index in [-0.39, 0.29) is 34.5 Å². The third-order valence-corrected chi connectivity index (χ3v) is 4.66. The van der Waals surface area contributed by atoms with Gasteiger partial charge in [0.2, 0.25) is 5.91 Å². The number of methoxy groups -OCH3 is 1. The summed E-state index contributed by atoms with van der Waals surface area (Å²) in [4.78, 5) is 36.6. The Hall–Kier alpha value is -2.68. The number of aryl methyl sites for hydroxylation is 1. The fourth-order valence-corrected chi connectivity index (χ4v) is 3.31. The summed E-state index contributed by atoms with van der Waals surface area (Å²) in [5, 5.41) is 6.95. The Morgan fingerprint density at radius 1 is 1.28 bits per heavy atom. The van der Waals surface area contributed by atoms with Crippen LogP contribution in [-0.4, -0.2) is 41.3 Å². The first-order valence-electron chi connectivity index (χ1n) is 7.56. The zero-order valence-corrected chi connectivity index (χ0v) is 15.2. The minimum absolute atomic E-state index is 0.00880. The molecule has 0 aromatic carbocycles. The molecular weight excluding hydrogens is 346 g/mol. The number of thiophene rings is 1. The minimum Gasteiger partial charge on any atom is -0.465 e. The van der Waals surface area contributed by atoms with Crippen LogP contribution in [-0.2, 0) is 20.8 Å². The van der Waals surface area contributed by atoms with Crippen LogP contribution in [0.25, 0.3) is 0 Å². The van der Waals surface area contributed by atoms with Gasteiger partial charge in [-0.2, -0.15) is 5.10 Å². The van der Waals surface area contributed by atoms with E-state index >= 15 is 0 Å². The third kappa shape index (κ3) is 4.05. The lowest BCUT2D eigenvalue weighted by molar-refractivity contribution is -0.116. The van der Waals surface area contributed by atoms with Gasteiger partial charge in [-0.1, -0.05) is 0 Å². The Morgan fingerprint density at radius 2 is 2.00 bits per heavy atom. The van der Waals surface area contributed by atoms with Gasteiger partial charge in [0.25, 0.3) is 0 Å². The molecule has 2 rings (SSSR count). The van der Waals surface area contributed by atoms with E-state index in [1.807, 2.05) is 6.92 Å². The number of carbonyl (C=O) groups excluding carboxylic acids is 3. The first-order chi connectivity index (χ1) is 11.9. The molecule has 1 amide bonds. The van der Waals surface area contributed by atoms with E-state index in [1.165, 1.54) is 11.8 Å². The van der Waals surface area contributed by atoms with Crippen LogP contribution in [0.2, 0.25) is 0 Å². The predicted octanol–water partition coefficient (Wildman–Crippen LogP) is 2.16. The molecule has 0 unspecified atom stereocenters. The van der Waals surface area contributed by atoms with Crippen LogP contribution < -0.4 is 5.32 Å². The molecule has 0 saturated carbocycles. The molecular formula is C16H19N3O5S. The summed E-state index contributed by atoms with van der Waals surface area (Å²) in [6, 6.07) is 1.78. The molecule has 2 aromatic rings. The minimum atomic E-state index is -0.630. The van der Waals surface area contributed by atoms with Gasteiger partial charge < -0.3 is 14.8 Å². The van der Waals surface area contributed by atoms with E-state index in [4.69, 9.17) is 9.47 Å².